The molecule has 1 unspecified atom stereocenters. The summed E-state index contributed by atoms with van der Waals surface area (Å²) in [4.78, 5) is 12.2. The third-order valence-corrected chi connectivity index (χ3v) is 3.49. The zero-order valence-electron chi connectivity index (χ0n) is 12.2. The number of carbonyl (C=O) groups is 1. The summed E-state index contributed by atoms with van der Waals surface area (Å²) in [5.41, 5.74) is 8.36. The van der Waals surface area contributed by atoms with E-state index in [0.717, 1.165) is 18.1 Å². The zero-order chi connectivity index (χ0) is 15.4. The molecule has 2 aromatic rings. The molecule has 0 radical (unpaired) electrons. The number of rotatable bonds is 4. The molecule has 1 amide bonds. The number of benzene rings is 2. The third-order valence-electron chi connectivity index (χ3n) is 3.49. The number of nitrogen functional groups attached to an aromatic ring is 1. The van der Waals surface area contributed by atoms with Gasteiger partial charge >= 0.3 is 0 Å². The van der Waals surface area contributed by atoms with Crippen molar-refractivity contribution < 1.29 is 9.18 Å². The van der Waals surface area contributed by atoms with Gasteiger partial charge in [0.05, 0.1) is 11.6 Å². The highest BCUT2D eigenvalue weighted by molar-refractivity contribution is 5.99. The van der Waals surface area contributed by atoms with Crippen LogP contribution >= 0.6 is 0 Å². The summed E-state index contributed by atoms with van der Waals surface area (Å²) in [6, 6.07) is 11.7. The summed E-state index contributed by atoms with van der Waals surface area (Å²) in [5, 5.41) is 2.87. The van der Waals surface area contributed by atoms with Gasteiger partial charge in [-0.3, -0.25) is 4.79 Å². The lowest BCUT2D eigenvalue weighted by atomic mass is 10.0. The smallest absolute Gasteiger partial charge is 0.253 e. The Bertz CT molecular complexity index is 638. The topological polar surface area (TPSA) is 55.1 Å². The maximum atomic E-state index is 13.0. The van der Waals surface area contributed by atoms with Gasteiger partial charge in [-0.05, 0) is 42.7 Å². The van der Waals surface area contributed by atoms with Crippen molar-refractivity contribution in [2.45, 2.75) is 26.3 Å². The molecule has 21 heavy (non-hydrogen) atoms. The fourth-order valence-corrected chi connectivity index (χ4v) is 2.14. The van der Waals surface area contributed by atoms with Crippen molar-refractivity contribution >= 4 is 11.6 Å². The molecule has 1 atom stereocenters. The first-order chi connectivity index (χ1) is 10.0. The van der Waals surface area contributed by atoms with Crippen molar-refractivity contribution in [2.75, 3.05) is 5.73 Å². The molecule has 0 aliphatic carbocycles. The van der Waals surface area contributed by atoms with E-state index in [4.69, 9.17) is 5.73 Å². The summed E-state index contributed by atoms with van der Waals surface area (Å²) >= 11 is 0. The Morgan fingerprint density at radius 3 is 2.48 bits per heavy atom. The Morgan fingerprint density at radius 2 is 1.90 bits per heavy atom. The first-order valence-electron chi connectivity index (χ1n) is 6.96. The average Bonchev–Trinajstić information content (AvgIpc) is 2.47. The fraction of sp³-hybridized carbons (Fsp3) is 0.235. The molecule has 3 nitrogen and oxygen atoms in total. The van der Waals surface area contributed by atoms with Crippen molar-refractivity contribution in [1.82, 2.24) is 5.32 Å². The van der Waals surface area contributed by atoms with Gasteiger partial charge in [0.2, 0.25) is 0 Å². The lowest BCUT2D eigenvalue weighted by Crippen LogP contribution is -2.27. The van der Waals surface area contributed by atoms with Crippen LogP contribution in [0.2, 0.25) is 0 Å². The SMILES string of the molecule is CCc1ccc(C(C)NC(=O)c2ccc(F)cc2N)cc1. The van der Waals surface area contributed by atoms with Crippen molar-refractivity contribution in [1.29, 1.82) is 0 Å². The van der Waals surface area contributed by atoms with Crippen LogP contribution in [0.15, 0.2) is 42.5 Å². The highest BCUT2D eigenvalue weighted by Crippen LogP contribution is 2.17. The minimum atomic E-state index is -0.452. The largest absolute Gasteiger partial charge is 0.398 e. The van der Waals surface area contributed by atoms with Crippen molar-refractivity contribution in [2.24, 2.45) is 0 Å². The number of nitrogens with two attached hydrogens (primary N) is 1. The maximum absolute atomic E-state index is 13.0. The number of nitrogens with one attached hydrogen (secondary N) is 1. The van der Waals surface area contributed by atoms with Gasteiger partial charge < -0.3 is 11.1 Å². The summed E-state index contributed by atoms with van der Waals surface area (Å²) in [6.45, 7) is 4.00. The molecule has 0 saturated heterocycles. The molecule has 0 aromatic heterocycles. The van der Waals surface area contributed by atoms with E-state index in [0.29, 0.717) is 0 Å². The number of amides is 1. The van der Waals surface area contributed by atoms with Crippen LogP contribution in [0.3, 0.4) is 0 Å². The quantitative estimate of drug-likeness (QED) is 0.846. The molecule has 110 valence electrons. The lowest BCUT2D eigenvalue weighted by molar-refractivity contribution is 0.0941. The van der Waals surface area contributed by atoms with E-state index in [-0.39, 0.29) is 23.2 Å². The van der Waals surface area contributed by atoms with Gasteiger partial charge in [0, 0.05) is 5.69 Å². The van der Waals surface area contributed by atoms with E-state index >= 15 is 0 Å². The van der Waals surface area contributed by atoms with E-state index in [9.17, 15) is 9.18 Å². The van der Waals surface area contributed by atoms with Crippen LogP contribution in [-0.2, 0) is 6.42 Å². The second kappa shape index (κ2) is 6.39. The van der Waals surface area contributed by atoms with Gasteiger partial charge in [-0.25, -0.2) is 4.39 Å². The van der Waals surface area contributed by atoms with E-state index in [2.05, 4.69) is 12.2 Å². The van der Waals surface area contributed by atoms with Crippen LogP contribution < -0.4 is 11.1 Å². The number of hydrogen-bond donors (Lipinski definition) is 2. The van der Waals surface area contributed by atoms with E-state index in [1.807, 2.05) is 31.2 Å². The number of carbonyl (C=O) groups excluding carboxylic acids is 1. The van der Waals surface area contributed by atoms with Crippen LogP contribution in [-0.4, -0.2) is 5.91 Å². The van der Waals surface area contributed by atoms with Crippen LogP contribution in [0.5, 0.6) is 0 Å². The zero-order valence-corrected chi connectivity index (χ0v) is 12.2. The molecule has 0 heterocycles. The molecule has 0 aliphatic heterocycles. The van der Waals surface area contributed by atoms with Gasteiger partial charge in [0.25, 0.3) is 5.91 Å². The third kappa shape index (κ3) is 3.60. The van der Waals surface area contributed by atoms with Gasteiger partial charge in [0.1, 0.15) is 5.82 Å². The summed E-state index contributed by atoms with van der Waals surface area (Å²) in [7, 11) is 0. The Kier molecular flexibility index (Phi) is 4.58. The van der Waals surface area contributed by atoms with E-state index in [1.54, 1.807) is 0 Å². The summed E-state index contributed by atoms with van der Waals surface area (Å²) in [6.07, 6.45) is 0.979. The molecule has 4 heteroatoms. The van der Waals surface area contributed by atoms with E-state index in [1.165, 1.54) is 17.7 Å². The lowest BCUT2D eigenvalue weighted by Gasteiger charge is -2.15. The number of anilines is 1. The normalized spacial score (nSPS) is 12.0. The Morgan fingerprint density at radius 1 is 1.24 bits per heavy atom. The van der Waals surface area contributed by atoms with Gasteiger partial charge in [-0.1, -0.05) is 31.2 Å². The molecule has 0 spiro atoms. The molecule has 2 rings (SSSR count). The molecule has 0 fully saturated rings. The van der Waals surface area contributed by atoms with Crippen molar-refractivity contribution in [3.05, 3.63) is 65.0 Å². The second-order valence-corrected chi connectivity index (χ2v) is 5.02. The summed E-state index contributed by atoms with van der Waals surface area (Å²) < 4.78 is 13.0. The first-order valence-corrected chi connectivity index (χ1v) is 6.96. The van der Waals surface area contributed by atoms with E-state index < -0.39 is 5.82 Å². The average molecular weight is 286 g/mol. The van der Waals surface area contributed by atoms with Gasteiger partial charge in [0.15, 0.2) is 0 Å². The van der Waals surface area contributed by atoms with Crippen LogP contribution in [0.1, 0.15) is 41.4 Å². The second-order valence-electron chi connectivity index (χ2n) is 5.02. The predicted octanol–water partition coefficient (Wildman–Crippen LogP) is 3.46. The number of halogens is 1. The summed E-state index contributed by atoms with van der Waals surface area (Å²) in [5.74, 6) is -0.758. The Balaban J connectivity index is 2.10. The number of aryl methyl sites for hydroxylation is 1. The highest BCUT2D eigenvalue weighted by Gasteiger charge is 2.14. The molecule has 0 saturated carbocycles. The predicted molar refractivity (Wildman–Crippen MR) is 82.5 cm³/mol. The van der Waals surface area contributed by atoms with Crippen LogP contribution in [0.25, 0.3) is 0 Å². The van der Waals surface area contributed by atoms with Crippen molar-refractivity contribution in [3.8, 4) is 0 Å². The minimum Gasteiger partial charge on any atom is -0.398 e. The highest BCUT2D eigenvalue weighted by atomic mass is 19.1. The Hall–Kier alpha value is -2.36. The Labute approximate surface area is 124 Å². The maximum Gasteiger partial charge on any atom is 0.253 e. The van der Waals surface area contributed by atoms with Crippen LogP contribution in [0, 0.1) is 5.82 Å². The van der Waals surface area contributed by atoms with Gasteiger partial charge in [-0.15, -0.1) is 0 Å². The standard InChI is InChI=1S/C17H19FN2O/c1-3-12-4-6-13(7-5-12)11(2)20-17(21)15-9-8-14(18)10-16(15)19/h4-11H,3,19H2,1-2H3,(H,20,21). The van der Waals surface area contributed by atoms with Crippen molar-refractivity contribution in [3.63, 3.8) is 0 Å². The molecule has 3 N–H and O–H groups in total. The molecule has 2 aromatic carbocycles. The number of hydrogen-bond acceptors (Lipinski definition) is 2. The molecule has 0 aliphatic rings. The molecular weight excluding hydrogens is 267 g/mol. The monoisotopic (exact) mass is 286 g/mol. The van der Waals surface area contributed by atoms with Gasteiger partial charge in [-0.2, -0.15) is 0 Å². The minimum absolute atomic E-state index is 0.140. The molecule has 0 bridgehead atoms. The molecular formula is C17H19FN2O. The first kappa shape index (κ1) is 15.0. The van der Waals surface area contributed by atoms with Crippen LogP contribution in [0.4, 0.5) is 10.1 Å². The fourth-order valence-electron chi connectivity index (χ4n) is 2.14.